The summed E-state index contributed by atoms with van der Waals surface area (Å²) in [4.78, 5) is 0. The molecule has 1 heterocycles. The van der Waals surface area contributed by atoms with Crippen LogP contribution in [0.25, 0.3) is 0 Å². The Labute approximate surface area is 98.8 Å². The molecule has 0 saturated carbocycles. The van der Waals surface area contributed by atoms with E-state index < -0.39 is 27.5 Å². The molecule has 1 fully saturated rings. The van der Waals surface area contributed by atoms with Crippen LogP contribution in [0.15, 0.2) is 18.2 Å². The summed E-state index contributed by atoms with van der Waals surface area (Å²) in [7, 11) is -3.21. The molecule has 2 rings (SSSR count). The van der Waals surface area contributed by atoms with Gasteiger partial charge >= 0.3 is 0 Å². The molecule has 0 radical (unpaired) electrons. The van der Waals surface area contributed by atoms with Gasteiger partial charge in [0.25, 0.3) is 0 Å². The van der Waals surface area contributed by atoms with E-state index in [1.807, 2.05) is 0 Å². The first-order valence-corrected chi connectivity index (χ1v) is 7.11. The molecule has 0 aliphatic carbocycles. The second-order valence-corrected chi connectivity index (χ2v) is 6.49. The minimum Gasteiger partial charge on any atom is -0.305 e. The second kappa shape index (κ2) is 4.34. The van der Waals surface area contributed by atoms with Gasteiger partial charge in [0.15, 0.2) is 21.5 Å². The topological polar surface area (TPSA) is 46.2 Å². The molecule has 0 bridgehead atoms. The quantitative estimate of drug-likeness (QED) is 0.831. The molecule has 1 N–H and O–H groups in total. The van der Waals surface area contributed by atoms with Crippen molar-refractivity contribution in [3.8, 4) is 0 Å². The molecule has 1 saturated heterocycles. The maximum absolute atomic E-state index is 13.6. The predicted molar refractivity (Wildman–Crippen MR) is 60.4 cm³/mol. The number of benzene rings is 1. The zero-order chi connectivity index (χ0) is 12.6. The van der Waals surface area contributed by atoms with Crippen LogP contribution in [0.2, 0.25) is 0 Å². The maximum atomic E-state index is 13.6. The Balaban J connectivity index is 2.37. The van der Waals surface area contributed by atoms with E-state index in [4.69, 9.17) is 0 Å². The van der Waals surface area contributed by atoms with Crippen molar-refractivity contribution in [1.82, 2.24) is 5.32 Å². The zero-order valence-electron chi connectivity index (χ0n) is 9.28. The van der Waals surface area contributed by atoms with Crippen molar-refractivity contribution in [3.05, 3.63) is 35.4 Å². The van der Waals surface area contributed by atoms with Crippen LogP contribution in [0, 0.1) is 11.6 Å². The van der Waals surface area contributed by atoms with Crippen molar-refractivity contribution < 1.29 is 17.2 Å². The van der Waals surface area contributed by atoms with Crippen LogP contribution >= 0.6 is 0 Å². The van der Waals surface area contributed by atoms with Gasteiger partial charge in [-0.3, -0.25) is 0 Å². The smallest absolute Gasteiger partial charge is 0.163 e. The van der Waals surface area contributed by atoms with E-state index in [-0.39, 0.29) is 23.1 Å². The summed E-state index contributed by atoms with van der Waals surface area (Å²) in [5.41, 5.74) is 0.0696. The van der Waals surface area contributed by atoms with E-state index in [0.29, 0.717) is 0 Å². The first-order chi connectivity index (χ1) is 7.89. The molecule has 2 atom stereocenters. The predicted octanol–water partition coefficient (Wildman–Crippen LogP) is 1.41. The molecule has 6 heteroatoms. The SMILES string of the molecule is CC1CS(=O)(=O)CC(c2cccc(F)c2F)N1. The van der Waals surface area contributed by atoms with Crippen molar-refractivity contribution in [2.45, 2.75) is 19.0 Å². The van der Waals surface area contributed by atoms with Gasteiger partial charge in [-0.15, -0.1) is 0 Å². The molecule has 2 unspecified atom stereocenters. The van der Waals surface area contributed by atoms with Crippen LogP contribution in [0.5, 0.6) is 0 Å². The van der Waals surface area contributed by atoms with E-state index in [1.165, 1.54) is 12.1 Å². The van der Waals surface area contributed by atoms with Gasteiger partial charge in [-0.25, -0.2) is 17.2 Å². The van der Waals surface area contributed by atoms with Gasteiger partial charge in [0.05, 0.1) is 11.5 Å². The third-order valence-corrected chi connectivity index (χ3v) is 4.62. The molecule has 0 aromatic heterocycles. The Morgan fingerprint density at radius 1 is 1.29 bits per heavy atom. The largest absolute Gasteiger partial charge is 0.305 e. The summed E-state index contributed by atoms with van der Waals surface area (Å²) in [6.45, 7) is 1.71. The Morgan fingerprint density at radius 2 is 2.00 bits per heavy atom. The van der Waals surface area contributed by atoms with Crippen LogP contribution in [0.3, 0.4) is 0 Å². The van der Waals surface area contributed by atoms with E-state index in [1.54, 1.807) is 6.92 Å². The van der Waals surface area contributed by atoms with E-state index >= 15 is 0 Å². The first kappa shape index (κ1) is 12.4. The van der Waals surface area contributed by atoms with Crippen molar-refractivity contribution >= 4 is 9.84 Å². The average Bonchev–Trinajstić information content (AvgIpc) is 2.19. The molecule has 17 heavy (non-hydrogen) atoms. The third-order valence-electron chi connectivity index (χ3n) is 2.77. The Kier molecular flexibility index (Phi) is 3.18. The highest BCUT2D eigenvalue weighted by Crippen LogP contribution is 2.24. The fourth-order valence-electron chi connectivity index (χ4n) is 2.11. The van der Waals surface area contributed by atoms with E-state index in [9.17, 15) is 17.2 Å². The fraction of sp³-hybridized carbons (Fsp3) is 0.455. The van der Waals surface area contributed by atoms with Gasteiger partial charge in [-0.1, -0.05) is 12.1 Å². The molecule has 1 aliphatic rings. The Morgan fingerprint density at radius 3 is 2.65 bits per heavy atom. The standard InChI is InChI=1S/C11H13F2NO2S/c1-7-5-17(15,16)6-10(14-7)8-3-2-4-9(12)11(8)13/h2-4,7,10,14H,5-6H2,1H3. The van der Waals surface area contributed by atoms with E-state index in [2.05, 4.69) is 5.32 Å². The lowest BCUT2D eigenvalue weighted by Crippen LogP contribution is -2.45. The molecular formula is C11H13F2NO2S. The summed E-state index contributed by atoms with van der Waals surface area (Å²) in [6, 6.07) is 2.85. The zero-order valence-corrected chi connectivity index (χ0v) is 10.1. The Hall–Kier alpha value is -1.01. The number of rotatable bonds is 1. The van der Waals surface area contributed by atoms with Crippen LogP contribution in [-0.4, -0.2) is 26.0 Å². The highest BCUT2D eigenvalue weighted by Gasteiger charge is 2.31. The minimum absolute atomic E-state index is 0.0282. The van der Waals surface area contributed by atoms with Gasteiger partial charge in [-0.2, -0.15) is 0 Å². The lowest BCUT2D eigenvalue weighted by atomic mass is 10.1. The van der Waals surface area contributed by atoms with Crippen LogP contribution in [0.4, 0.5) is 8.78 Å². The number of halogens is 2. The number of hydrogen-bond donors (Lipinski definition) is 1. The van der Waals surface area contributed by atoms with Crippen molar-refractivity contribution in [2.75, 3.05) is 11.5 Å². The lowest BCUT2D eigenvalue weighted by Gasteiger charge is -2.29. The molecule has 0 spiro atoms. The fourth-order valence-corrected chi connectivity index (χ4v) is 3.89. The number of hydrogen-bond acceptors (Lipinski definition) is 3. The summed E-state index contributed by atoms with van der Waals surface area (Å²) in [5.74, 6) is -2.10. The number of sulfone groups is 1. The summed E-state index contributed by atoms with van der Waals surface area (Å²) < 4.78 is 49.8. The first-order valence-electron chi connectivity index (χ1n) is 5.29. The van der Waals surface area contributed by atoms with Crippen LogP contribution in [-0.2, 0) is 9.84 Å². The summed E-state index contributed by atoms with van der Waals surface area (Å²) in [5, 5.41) is 2.97. The number of nitrogens with one attached hydrogen (secondary N) is 1. The summed E-state index contributed by atoms with van der Waals surface area (Å²) >= 11 is 0. The molecule has 1 aliphatic heterocycles. The third kappa shape index (κ3) is 2.63. The van der Waals surface area contributed by atoms with Gasteiger partial charge in [0, 0.05) is 17.6 Å². The molecule has 1 aromatic carbocycles. The van der Waals surface area contributed by atoms with Gasteiger partial charge in [0.2, 0.25) is 0 Å². The molecule has 3 nitrogen and oxygen atoms in total. The average molecular weight is 261 g/mol. The highest BCUT2D eigenvalue weighted by molar-refractivity contribution is 7.91. The molecular weight excluding hydrogens is 248 g/mol. The molecule has 94 valence electrons. The van der Waals surface area contributed by atoms with Crippen molar-refractivity contribution in [1.29, 1.82) is 0 Å². The van der Waals surface area contributed by atoms with Crippen LogP contribution < -0.4 is 5.32 Å². The van der Waals surface area contributed by atoms with Crippen molar-refractivity contribution in [3.63, 3.8) is 0 Å². The molecule has 0 amide bonds. The van der Waals surface area contributed by atoms with Gasteiger partial charge in [0.1, 0.15) is 0 Å². The second-order valence-electron chi connectivity index (χ2n) is 4.34. The van der Waals surface area contributed by atoms with Gasteiger partial charge < -0.3 is 5.32 Å². The minimum atomic E-state index is -3.21. The van der Waals surface area contributed by atoms with E-state index in [0.717, 1.165) is 6.07 Å². The molecule has 1 aromatic rings. The Bertz CT molecular complexity index is 530. The summed E-state index contributed by atoms with van der Waals surface area (Å²) in [6.07, 6.45) is 0. The maximum Gasteiger partial charge on any atom is 0.163 e. The van der Waals surface area contributed by atoms with Crippen LogP contribution in [0.1, 0.15) is 18.5 Å². The highest BCUT2D eigenvalue weighted by atomic mass is 32.2. The monoisotopic (exact) mass is 261 g/mol. The van der Waals surface area contributed by atoms with Crippen molar-refractivity contribution in [2.24, 2.45) is 0 Å². The normalized spacial score (nSPS) is 27.9. The van der Waals surface area contributed by atoms with Gasteiger partial charge in [-0.05, 0) is 13.0 Å². The lowest BCUT2D eigenvalue weighted by molar-refractivity contribution is 0.437.